The van der Waals surface area contributed by atoms with Gasteiger partial charge in [-0.05, 0) is 37.8 Å². The Bertz CT molecular complexity index is 695. The van der Waals surface area contributed by atoms with Crippen LogP contribution >= 0.6 is 0 Å². The average molecular weight is 288 g/mol. The fourth-order valence-corrected chi connectivity index (χ4v) is 2.94. The van der Waals surface area contributed by atoms with Crippen molar-refractivity contribution in [2.24, 2.45) is 5.73 Å². The van der Waals surface area contributed by atoms with Crippen LogP contribution in [0.2, 0.25) is 0 Å². The lowest BCUT2D eigenvalue weighted by Crippen LogP contribution is -2.42. The Morgan fingerprint density at radius 3 is 2.76 bits per heavy atom. The van der Waals surface area contributed by atoms with E-state index in [4.69, 9.17) is 5.73 Å². The maximum absolute atomic E-state index is 12.1. The van der Waals surface area contributed by atoms with Gasteiger partial charge in [-0.2, -0.15) is 0 Å². The second kappa shape index (κ2) is 5.73. The number of H-pyrrole nitrogens is 1. The van der Waals surface area contributed by atoms with E-state index >= 15 is 0 Å². The molecule has 1 aromatic heterocycles. The van der Waals surface area contributed by atoms with Crippen LogP contribution in [0, 0.1) is 0 Å². The molecule has 3 rings (SSSR count). The number of carbonyl (C=O) groups is 1. The summed E-state index contributed by atoms with van der Waals surface area (Å²) in [6, 6.07) is 7.81. The molecule has 1 amide bonds. The number of nitrogens with two attached hydrogens (primary N) is 1. The molecule has 1 aromatic carbocycles. The minimum atomic E-state index is -0.253. The van der Waals surface area contributed by atoms with Gasteiger partial charge in [0.2, 0.25) is 5.91 Å². The predicted molar refractivity (Wildman–Crippen MR) is 80.9 cm³/mol. The van der Waals surface area contributed by atoms with Crippen LogP contribution in [0.25, 0.3) is 11.0 Å². The summed E-state index contributed by atoms with van der Waals surface area (Å²) < 4.78 is 1.47. The quantitative estimate of drug-likeness (QED) is 0.776. The van der Waals surface area contributed by atoms with E-state index in [0.717, 1.165) is 36.7 Å². The third kappa shape index (κ3) is 3.00. The van der Waals surface area contributed by atoms with E-state index < -0.39 is 0 Å². The van der Waals surface area contributed by atoms with Gasteiger partial charge in [-0.25, -0.2) is 4.79 Å². The second-order valence-corrected chi connectivity index (χ2v) is 5.71. The number of nitrogens with one attached hydrogen (secondary N) is 2. The van der Waals surface area contributed by atoms with Crippen LogP contribution in [0.3, 0.4) is 0 Å². The topological polar surface area (TPSA) is 92.9 Å². The molecule has 0 spiro atoms. The van der Waals surface area contributed by atoms with Crippen LogP contribution in [0.5, 0.6) is 0 Å². The number of rotatable bonds is 3. The molecule has 1 fully saturated rings. The first-order valence-electron chi connectivity index (χ1n) is 7.36. The minimum Gasteiger partial charge on any atom is -0.352 e. The normalized spacial score (nSPS) is 22.3. The van der Waals surface area contributed by atoms with Crippen molar-refractivity contribution in [3.05, 3.63) is 34.7 Å². The van der Waals surface area contributed by atoms with Gasteiger partial charge in [0.25, 0.3) is 0 Å². The highest BCUT2D eigenvalue weighted by atomic mass is 16.2. The van der Waals surface area contributed by atoms with Gasteiger partial charge in [-0.1, -0.05) is 12.1 Å². The second-order valence-electron chi connectivity index (χ2n) is 5.71. The maximum atomic E-state index is 12.1. The van der Waals surface area contributed by atoms with Crippen LogP contribution in [0.1, 0.15) is 25.7 Å². The molecule has 1 saturated carbocycles. The first-order valence-corrected chi connectivity index (χ1v) is 7.36. The highest BCUT2D eigenvalue weighted by molar-refractivity contribution is 5.80. The molecule has 0 saturated heterocycles. The number of imidazole rings is 1. The van der Waals surface area contributed by atoms with E-state index in [1.165, 1.54) is 4.57 Å². The lowest BCUT2D eigenvalue weighted by atomic mass is 9.92. The summed E-state index contributed by atoms with van der Waals surface area (Å²) in [5, 5.41) is 3.00. The van der Waals surface area contributed by atoms with Crippen LogP contribution in [-0.2, 0) is 11.3 Å². The average Bonchev–Trinajstić information content (AvgIpc) is 2.78. The summed E-state index contributed by atoms with van der Waals surface area (Å²) in [6.45, 7) is 0.0470. The first-order chi connectivity index (χ1) is 10.1. The van der Waals surface area contributed by atoms with Crippen molar-refractivity contribution < 1.29 is 4.79 Å². The van der Waals surface area contributed by atoms with Crippen molar-refractivity contribution in [1.82, 2.24) is 14.9 Å². The molecular formula is C15H20N4O2. The van der Waals surface area contributed by atoms with Crippen molar-refractivity contribution in [1.29, 1.82) is 0 Å². The fourth-order valence-electron chi connectivity index (χ4n) is 2.94. The van der Waals surface area contributed by atoms with E-state index in [9.17, 15) is 9.59 Å². The molecule has 4 N–H and O–H groups in total. The summed E-state index contributed by atoms with van der Waals surface area (Å²) in [5.41, 5.74) is 7.11. The standard InChI is InChI=1S/C15H20N4O2/c16-10-5-7-11(8-6-10)17-14(20)9-19-13-4-2-1-3-12(13)18-15(19)21/h1-4,10-11H,5-9,16H2,(H,17,20)(H,18,21). The van der Waals surface area contributed by atoms with Gasteiger partial charge in [0.15, 0.2) is 0 Å². The lowest BCUT2D eigenvalue weighted by molar-refractivity contribution is -0.122. The first kappa shape index (κ1) is 13.9. The molecule has 6 heteroatoms. The number of aromatic amines is 1. The Balaban J connectivity index is 1.69. The number of carbonyl (C=O) groups excluding carboxylic acids is 1. The third-order valence-corrected chi connectivity index (χ3v) is 4.12. The zero-order valence-electron chi connectivity index (χ0n) is 11.8. The molecule has 1 aliphatic rings. The summed E-state index contributed by atoms with van der Waals surface area (Å²) >= 11 is 0. The largest absolute Gasteiger partial charge is 0.352 e. The van der Waals surface area contributed by atoms with Crippen LogP contribution in [0.15, 0.2) is 29.1 Å². The van der Waals surface area contributed by atoms with Crippen molar-refractivity contribution in [3.63, 3.8) is 0 Å². The summed E-state index contributed by atoms with van der Waals surface area (Å²) in [4.78, 5) is 26.8. The highest BCUT2D eigenvalue weighted by Crippen LogP contribution is 2.17. The molecular weight excluding hydrogens is 268 g/mol. The van der Waals surface area contributed by atoms with Crippen LogP contribution < -0.4 is 16.7 Å². The van der Waals surface area contributed by atoms with Gasteiger partial charge in [0.05, 0.1) is 11.0 Å². The van der Waals surface area contributed by atoms with Gasteiger partial charge in [-0.15, -0.1) is 0 Å². The monoisotopic (exact) mass is 288 g/mol. The van der Waals surface area contributed by atoms with Gasteiger partial charge in [0, 0.05) is 12.1 Å². The van der Waals surface area contributed by atoms with Gasteiger partial charge in [0.1, 0.15) is 6.54 Å². The number of benzene rings is 1. The van der Waals surface area contributed by atoms with Crippen molar-refractivity contribution in [2.75, 3.05) is 0 Å². The summed E-state index contributed by atoms with van der Waals surface area (Å²) in [5.74, 6) is -0.123. The number of hydrogen-bond acceptors (Lipinski definition) is 3. The molecule has 21 heavy (non-hydrogen) atoms. The van der Waals surface area contributed by atoms with Crippen LogP contribution in [0.4, 0.5) is 0 Å². The molecule has 112 valence electrons. The molecule has 6 nitrogen and oxygen atoms in total. The van der Waals surface area contributed by atoms with E-state index in [1.807, 2.05) is 24.3 Å². The van der Waals surface area contributed by atoms with Crippen LogP contribution in [-0.4, -0.2) is 27.5 Å². The zero-order chi connectivity index (χ0) is 14.8. The Morgan fingerprint density at radius 1 is 1.29 bits per heavy atom. The van der Waals surface area contributed by atoms with E-state index in [2.05, 4.69) is 10.3 Å². The van der Waals surface area contributed by atoms with E-state index in [1.54, 1.807) is 0 Å². The molecule has 0 unspecified atom stereocenters. The van der Waals surface area contributed by atoms with E-state index in [-0.39, 0.29) is 30.2 Å². The molecule has 1 aliphatic carbocycles. The predicted octanol–water partition coefficient (Wildman–Crippen LogP) is 0.716. The van der Waals surface area contributed by atoms with Gasteiger partial charge >= 0.3 is 5.69 Å². The number of fused-ring (bicyclic) bond motifs is 1. The summed E-state index contributed by atoms with van der Waals surface area (Å²) in [6.07, 6.45) is 3.71. The number of amides is 1. The fraction of sp³-hybridized carbons (Fsp3) is 0.467. The van der Waals surface area contributed by atoms with Crippen molar-refractivity contribution >= 4 is 16.9 Å². The van der Waals surface area contributed by atoms with Gasteiger partial charge < -0.3 is 16.0 Å². The molecule has 0 radical (unpaired) electrons. The molecule has 0 atom stereocenters. The highest BCUT2D eigenvalue weighted by Gasteiger charge is 2.20. The Labute approximate surface area is 122 Å². The van der Waals surface area contributed by atoms with E-state index in [0.29, 0.717) is 0 Å². The zero-order valence-corrected chi connectivity index (χ0v) is 11.8. The van der Waals surface area contributed by atoms with Crippen molar-refractivity contribution in [3.8, 4) is 0 Å². The Hall–Kier alpha value is -2.08. The molecule has 2 aromatic rings. The minimum absolute atomic E-state index is 0.0470. The number of hydrogen-bond donors (Lipinski definition) is 3. The third-order valence-electron chi connectivity index (χ3n) is 4.12. The number of para-hydroxylation sites is 2. The SMILES string of the molecule is NC1CCC(NC(=O)Cn2c(=O)[nH]c3ccccc32)CC1. The maximum Gasteiger partial charge on any atom is 0.326 e. The lowest BCUT2D eigenvalue weighted by Gasteiger charge is -2.26. The summed E-state index contributed by atoms with van der Waals surface area (Å²) in [7, 11) is 0. The van der Waals surface area contributed by atoms with Crippen molar-refractivity contribution in [2.45, 2.75) is 44.3 Å². The number of nitrogens with zero attached hydrogens (tertiary/aromatic N) is 1. The molecule has 1 heterocycles. The Morgan fingerprint density at radius 2 is 2.00 bits per heavy atom. The number of aromatic nitrogens is 2. The Kier molecular flexibility index (Phi) is 3.79. The smallest absolute Gasteiger partial charge is 0.326 e. The van der Waals surface area contributed by atoms with Gasteiger partial charge in [-0.3, -0.25) is 9.36 Å². The molecule has 0 bridgehead atoms. The molecule has 0 aliphatic heterocycles.